The van der Waals surface area contributed by atoms with Crippen LogP contribution in [-0.4, -0.2) is 5.11 Å². The molecule has 1 rings (SSSR count). The molecule has 0 aliphatic heterocycles. The van der Waals surface area contributed by atoms with E-state index in [2.05, 4.69) is 0 Å². The van der Waals surface area contributed by atoms with Crippen molar-refractivity contribution in [3.63, 3.8) is 0 Å². The minimum absolute atomic E-state index is 0. The fraction of sp³-hybridized carbons (Fsp3) is 0. The summed E-state index contributed by atoms with van der Waals surface area (Å²) in [6.45, 7) is 0. The molecule has 0 bridgehead atoms. The van der Waals surface area contributed by atoms with Crippen molar-refractivity contribution >= 4 is 5.69 Å². The van der Waals surface area contributed by atoms with Gasteiger partial charge in [0.15, 0.2) is 0 Å². The fourth-order valence-corrected chi connectivity index (χ4v) is 0.488. The van der Waals surface area contributed by atoms with Gasteiger partial charge in [0.25, 0.3) is 0 Å². The largest absolute Gasteiger partial charge is 0.506 e. The Hall–Kier alpha value is -0.492. The average Bonchev–Trinajstić information content (AvgIpc) is 1.77. The third-order valence-electron chi connectivity index (χ3n) is 0.937. The van der Waals surface area contributed by atoms with Crippen molar-refractivity contribution < 1.29 is 26.2 Å². The van der Waals surface area contributed by atoms with Gasteiger partial charge in [-0.1, -0.05) is 12.1 Å². The molecule has 0 radical (unpaired) electrons. The van der Waals surface area contributed by atoms with Crippen LogP contribution in [0.4, 0.5) is 5.69 Å². The summed E-state index contributed by atoms with van der Waals surface area (Å²) in [6, 6.07) is 6.70. The van der Waals surface area contributed by atoms with Crippen molar-refractivity contribution in [3.8, 4) is 5.75 Å². The second-order valence-corrected chi connectivity index (χ2v) is 1.56. The molecule has 0 fully saturated rings. The molecule has 0 aliphatic carbocycles. The van der Waals surface area contributed by atoms with Gasteiger partial charge in [-0.15, -0.1) is 0 Å². The summed E-state index contributed by atoms with van der Waals surface area (Å²) in [6.07, 6.45) is 0. The fourth-order valence-electron chi connectivity index (χ4n) is 0.488. The molecule has 0 saturated carbocycles. The van der Waals surface area contributed by atoms with E-state index in [9.17, 15) is 0 Å². The number of anilines is 1. The third kappa shape index (κ3) is 2.06. The summed E-state index contributed by atoms with van der Waals surface area (Å²) in [7, 11) is 0. The molecule has 3 N–H and O–H groups in total. The number of benzene rings is 1. The van der Waals surface area contributed by atoms with Crippen LogP contribution in [0.2, 0.25) is 0 Å². The second-order valence-electron chi connectivity index (χ2n) is 1.56. The van der Waals surface area contributed by atoms with Gasteiger partial charge >= 0.3 is 0 Å². The van der Waals surface area contributed by atoms with Crippen LogP contribution < -0.4 is 5.73 Å². The van der Waals surface area contributed by atoms with E-state index < -0.39 is 0 Å². The van der Waals surface area contributed by atoms with Crippen molar-refractivity contribution in [2.45, 2.75) is 0 Å². The average molecular weight is 205 g/mol. The van der Waals surface area contributed by atoms with E-state index in [1.165, 1.54) is 0 Å². The SMILES string of the molecule is Nc1ccccc1O.[Mo]. The molecule has 0 aliphatic rings. The van der Waals surface area contributed by atoms with Crippen molar-refractivity contribution in [3.05, 3.63) is 24.3 Å². The van der Waals surface area contributed by atoms with Crippen LogP contribution in [0.5, 0.6) is 5.75 Å². The van der Waals surface area contributed by atoms with Gasteiger partial charge in [-0.25, -0.2) is 0 Å². The van der Waals surface area contributed by atoms with Gasteiger partial charge in [0.1, 0.15) is 5.75 Å². The van der Waals surface area contributed by atoms with Crippen molar-refractivity contribution in [2.24, 2.45) is 0 Å². The van der Waals surface area contributed by atoms with E-state index in [0.717, 1.165) is 0 Å². The maximum Gasteiger partial charge on any atom is 0.138 e. The zero-order valence-electron chi connectivity index (χ0n) is 4.74. The first-order valence-electron chi connectivity index (χ1n) is 2.34. The van der Waals surface area contributed by atoms with Crippen LogP contribution in [-0.2, 0) is 21.1 Å². The monoisotopic (exact) mass is 207 g/mol. The molecule has 9 heavy (non-hydrogen) atoms. The van der Waals surface area contributed by atoms with Gasteiger partial charge in [0.2, 0.25) is 0 Å². The molecule has 0 amide bonds. The van der Waals surface area contributed by atoms with E-state index in [1.807, 2.05) is 0 Å². The summed E-state index contributed by atoms with van der Waals surface area (Å²) in [5.74, 6) is 0.146. The molecule has 0 heterocycles. The molecule has 1 aromatic carbocycles. The minimum atomic E-state index is 0. The Balaban J connectivity index is 0.000000640. The maximum atomic E-state index is 8.79. The first-order valence-corrected chi connectivity index (χ1v) is 2.34. The van der Waals surface area contributed by atoms with Crippen LogP contribution in [0.1, 0.15) is 0 Å². The number of rotatable bonds is 0. The number of nitrogens with two attached hydrogens (primary N) is 1. The summed E-state index contributed by atoms with van der Waals surface area (Å²) >= 11 is 0. The normalized spacial score (nSPS) is 8.00. The number of phenolic OH excluding ortho intramolecular Hbond substituents is 1. The van der Waals surface area contributed by atoms with Crippen molar-refractivity contribution in [1.82, 2.24) is 0 Å². The van der Waals surface area contributed by atoms with Crippen molar-refractivity contribution in [2.75, 3.05) is 5.73 Å². The molecule has 48 valence electrons. The molecule has 1 aromatic rings. The smallest absolute Gasteiger partial charge is 0.138 e. The van der Waals surface area contributed by atoms with Gasteiger partial charge in [0.05, 0.1) is 5.69 Å². The van der Waals surface area contributed by atoms with Crippen LogP contribution >= 0.6 is 0 Å². The van der Waals surface area contributed by atoms with E-state index in [4.69, 9.17) is 10.8 Å². The molecule has 0 atom stereocenters. The topological polar surface area (TPSA) is 46.2 Å². The van der Waals surface area contributed by atoms with Crippen LogP contribution in [0.15, 0.2) is 24.3 Å². The summed E-state index contributed by atoms with van der Waals surface area (Å²) in [5, 5.41) is 8.79. The number of aromatic hydroxyl groups is 1. The standard InChI is InChI=1S/C6H7NO.Mo/c7-5-3-1-2-4-6(5)8;/h1-4,8H,7H2;. The summed E-state index contributed by atoms with van der Waals surface area (Å²) in [5.41, 5.74) is 5.69. The molecule has 0 aromatic heterocycles. The quantitative estimate of drug-likeness (QED) is 0.376. The van der Waals surface area contributed by atoms with Gasteiger partial charge in [0, 0.05) is 21.1 Å². The molecular formula is C6H7MoNO. The van der Waals surface area contributed by atoms with E-state index in [0.29, 0.717) is 5.69 Å². The molecule has 0 spiro atoms. The Morgan fingerprint density at radius 1 is 1.22 bits per heavy atom. The second kappa shape index (κ2) is 3.52. The van der Waals surface area contributed by atoms with Crippen LogP contribution in [0, 0.1) is 0 Å². The zero-order valence-corrected chi connectivity index (χ0v) is 6.75. The Bertz CT molecular complexity index is 169. The number of nitrogen functional groups attached to an aromatic ring is 1. The Labute approximate surface area is 68.0 Å². The van der Waals surface area contributed by atoms with Gasteiger partial charge in [-0.2, -0.15) is 0 Å². The van der Waals surface area contributed by atoms with Crippen LogP contribution in [0.3, 0.4) is 0 Å². The molecule has 0 unspecified atom stereocenters. The Morgan fingerprint density at radius 2 is 1.78 bits per heavy atom. The van der Waals surface area contributed by atoms with Crippen LogP contribution in [0.25, 0.3) is 0 Å². The van der Waals surface area contributed by atoms with E-state index in [1.54, 1.807) is 24.3 Å². The number of hydrogen-bond acceptors (Lipinski definition) is 2. The maximum absolute atomic E-state index is 8.79. The number of phenols is 1. The number of para-hydroxylation sites is 2. The van der Waals surface area contributed by atoms with Crippen molar-refractivity contribution in [1.29, 1.82) is 0 Å². The van der Waals surface area contributed by atoms with E-state index >= 15 is 0 Å². The van der Waals surface area contributed by atoms with E-state index in [-0.39, 0.29) is 26.8 Å². The van der Waals surface area contributed by atoms with Gasteiger partial charge in [-0.05, 0) is 12.1 Å². The Kier molecular flexibility index (Phi) is 3.33. The molecular weight excluding hydrogens is 198 g/mol. The minimum Gasteiger partial charge on any atom is -0.506 e. The molecule has 3 heteroatoms. The predicted octanol–water partition coefficient (Wildman–Crippen LogP) is 0.972. The van der Waals surface area contributed by atoms with Gasteiger partial charge < -0.3 is 10.8 Å². The number of hydrogen-bond donors (Lipinski definition) is 2. The first kappa shape index (κ1) is 8.51. The molecule has 2 nitrogen and oxygen atoms in total. The predicted molar refractivity (Wildman–Crippen MR) is 32.5 cm³/mol. The van der Waals surface area contributed by atoms with Gasteiger partial charge in [-0.3, -0.25) is 0 Å². The summed E-state index contributed by atoms with van der Waals surface area (Å²) in [4.78, 5) is 0. The Morgan fingerprint density at radius 3 is 2.11 bits per heavy atom. The zero-order chi connectivity index (χ0) is 5.98. The first-order chi connectivity index (χ1) is 3.80. The molecule has 0 saturated heterocycles. The third-order valence-corrected chi connectivity index (χ3v) is 0.937. The summed E-state index contributed by atoms with van der Waals surface area (Å²) < 4.78 is 0.